The molecule has 0 saturated heterocycles. The second-order valence-electron chi connectivity index (χ2n) is 5.93. The van der Waals surface area contributed by atoms with Gasteiger partial charge in [0.1, 0.15) is 5.82 Å². The Balaban J connectivity index is 1.90. The summed E-state index contributed by atoms with van der Waals surface area (Å²) >= 11 is 0. The molecule has 6 nitrogen and oxygen atoms in total. The van der Waals surface area contributed by atoms with Gasteiger partial charge in [-0.25, -0.2) is 9.50 Å². The van der Waals surface area contributed by atoms with Gasteiger partial charge >= 0.3 is 0 Å². The lowest BCUT2D eigenvalue weighted by Crippen LogP contribution is -2.30. The van der Waals surface area contributed by atoms with Crippen LogP contribution < -0.4 is 10.2 Å². The Morgan fingerprint density at radius 1 is 1.38 bits per heavy atom. The van der Waals surface area contributed by atoms with Gasteiger partial charge in [0, 0.05) is 31.9 Å². The summed E-state index contributed by atoms with van der Waals surface area (Å²) in [7, 11) is 2.05. The Bertz CT molecular complexity index is 763. The van der Waals surface area contributed by atoms with Gasteiger partial charge in [0.2, 0.25) is 0 Å². The Hall–Kier alpha value is -2.60. The van der Waals surface area contributed by atoms with Crippen molar-refractivity contribution in [2.75, 3.05) is 38.2 Å². The molecule has 2 rings (SSSR count). The number of fused-ring (bicyclic) bond motifs is 1. The van der Waals surface area contributed by atoms with Crippen LogP contribution in [0.4, 0.5) is 5.82 Å². The number of anilines is 1. The van der Waals surface area contributed by atoms with Crippen LogP contribution in [0.5, 0.6) is 0 Å². The van der Waals surface area contributed by atoms with Crippen molar-refractivity contribution in [2.45, 2.75) is 20.3 Å². The third-order valence-electron chi connectivity index (χ3n) is 4.06. The number of hydrogen-bond acceptors (Lipinski definition) is 5. The van der Waals surface area contributed by atoms with E-state index in [1.54, 1.807) is 10.8 Å². The molecule has 6 heteroatoms. The van der Waals surface area contributed by atoms with E-state index in [9.17, 15) is 0 Å². The SMILES string of the molecule is C=C/C(=C\C)c1cnn2ccc(N(C)CCNCCCO/C=C/C)nc12. The van der Waals surface area contributed by atoms with Crippen LogP contribution in [0.1, 0.15) is 25.8 Å². The molecule has 2 aromatic heterocycles. The lowest BCUT2D eigenvalue weighted by Gasteiger charge is -2.18. The summed E-state index contributed by atoms with van der Waals surface area (Å²) in [6.45, 7) is 11.3. The highest BCUT2D eigenvalue weighted by molar-refractivity contribution is 5.81. The fourth-order valence-corrected chi connectivity index (χ4v) is 2.59. The van der Waals surface area contributed by atoms with Crippen molar-refractivity contribution in [3.05, 3.63) is 55.1 Å². The van der Waals surface area contributed by atoms with E-state index in [0.29, 0.717) is 0 Å². The van der Waals surface area contributed by atoms with Crippen LogP contribution in [0.25, 0.3) is 11.2 Å². The van der Waals surface area contributed by atoms with Crippen LogP contribution in [0.3, 0.4) is 0 Å². The second-order valence-corrected chi connectivity index (χ2v) is 5.93. The van der Waals surface area contributed by atoms with Crippen LogP contribution in [0, 0.1) is 0 Å². The van der Waals surface area contributed by atoms with Crippen LogP contribution in [0.15, 0.2) is 49.5 Å². The minimum atomic E-state index is 0.742. The molecule has 0 saturated carbocycles. The predicted molar refractivity (Wildman–Crippen MR) is 108 cm³/mol. The van der Waals surface area contributed by atoms with Crippen LogP contribution in [-0.2, 0) is 4.74 Å². The number of allylic oxidation sites excluding steroid dienone is 4. The average Bonchev–Trinajstić information content (AvgIpc) is 3.08. The summed E-state index contributed by atoms with van der Waals surface area (Å²) in [5.74, 6) is 0.928. The fourth-order valence-electron chi connectivity index (χ4n) is 2.59. The molecule has 2 aromatic rings. The zero-order valence-electron chi connectivity index (χ0n) is 16.0. The van der Waals surface area contributed by atoms with Gasteiger partial charge in [-0.1, -0.05) is 24.8 Å². The summed E-state index contributed by atoms with van der Waals surface area (Å²) < 4.78 is 7.10. The molecule has 0 radical (unpaired) electrons. The molecule has 0 aromatic carbocycles. The molecule has 0 bridgehead atoms. The maximum atomic E-state index is 5.30. The third kappa shape index (κ3) is 5.20. The first kappa shape index (κ1) is 19.7. The summed E-state index contributed by atoms with van der Waals surface area (Å²) in [4.78, 5) is 6.93. The van der Waals surface area contributed by atoms with Crippen molar-refractivity contribution >= 4 is 17.0 Å². The fraction of sp³-hybridized carbons (Fsp3) is 0.400. The number of rotatable bonds is 11. The van der Waals surface area contributed by atoms with Crippen LogP contribution >= 0.6 is 0 Å². The smallest absolute Gasteiger partial charge is 0.165 e. The van der Waals surface area contributed by atoms with E-state index in [2.05, 4.69) is 28.9 Å². The molecule has 0 atom stereocenters. The van der Waals surface area contributed by atoms with Gasteiger partial charge < -0.3 is 15.0 Å². The van der Waals surface area contributed by atoms with Crippen LogP contribution in [-0.4, -0.2) is 47.9 Å². The summed E-state index contributed by atoms with van der Waals surface area (Å²) in [5, 5.41) is 7.80. The summed E-state index contributed by atoms with van der Waals surface area (Å²) in [5.41, 5.74) is 2.88. The molecule has 0 spiro atoms. The zero-order valence-corrected chi connectivity index (χ0v) is 16.0. The van der Waals surface area contributed by atoms with Gasteiger partial charge in [-0.3, -0.25) is 0 Å². The molecular formula is C20H29N5O. The van der Waals surface area contributed by atoms with E-state index in [4.69, 9.17) is 9.72 Å². The van der Waals surface area contributed by atoms with Gasteiger partial charge in [0.15, 0.2) is 5.65 Å². The average molecular weight is 355 g/mol. The number of nitrogens with zero attached hydrogens (tertiary/aromatic N) is 4. The maximum Gasteiger partial charge on any atom is 0.165 e. The quantitative estimate of drug-likeness (QED) is 0.381. The number of likely N-dealkylation sites (N-methyl/N-ethyl adjacent to an activating group) is 1. The van der Waals surface area contributed by atoms with E-state index in [1.165, 1.54) is 0 Å². The van der Waals surface area contributed by atoms with Crippen molar-refractivity contribution in [1.82, 2.24) is 19.9 Å². The lowest BCUT2D eigenvalue weighted by molar-refractivity contribution is 0.243. The van der Waals surface area contributed by atoms with Gasteiger partial charge in [-0.2, -0.15) is 5.10 Å². The molecular weight excluding hydrogens is 326 g/mol. The molecule has 0 amide bonds. The molecule has 1 N–H and O–H groups in total. The molecule has 0 fully saturated rings. The van der Waals surface area contributed by atoms with E-state index in [0.717, 1.165) is 55.3 Å². The second kappa shape index (κ2) is 10.4. The largest absolute Gasteiger partial charge is 0.501 e. The van der Waals surface area contributed by atoms with Crippen molar-refractivity contribution in [3.63, 3.8) is 0 Å². The Labute approximate surface area is 155 Å². The van der Waals surface area contributed by atoms with E-state index in [1.807, 2.05) is 50.5 Å². The molecule has 0 aliphatic rings. The Kier molecular flexibility index (Phi) is 7.89. The topological polar surface area (TPSA) is 54.7 Å². The Morgan fingerprint density at radius 3 is 2.96 bits per heavy atom. The van der Waals surface area contributed by atoms with E-state index < -0.39 is 0 Å². The van der Waals surface area contributed by atoms with Crippen LogP contribution in [0.2, 0.25) is 0 Å². The standard InChI is InChI=1S/C20H29N5O/c1-5-14-26-15-8-10-21-11-13-24(4)19-9-12-25-20(23-19)18(16-22-25)17(6-2)7-3/h5-7,9,12,14,16,21H,2,8,10-11,13,15H2,1,3-4H3/b14-5+,17-7+. The number of aromatic nitrogens is 3. The molecule has 0 unspecified atom stereocenters. The minimum Gasteiger partial charge on any atom is -0.501 e. The molecule has 0 aliphatic carbocycles. The van der Waals surface area contributed by atoms with Crippen molar-refractivity contribution < 1.29 is 4.74 Å². The number of nitrogens with one attached hydrogen (secondary N) is 1. The molecule has 26 heavy (non-hydrogen) atoms. The van der Waals surface area contributed by atoms with Gasteiger partial charge in [-0.15, -0.1) is 0 Å². The molecule has 2 heterocycles. The van der Waals surface area contributed by atoms with E-state index >= 15 is 0 Å². The lowest BCUT2D eigenvalue weighted by atomic mass is 10.1. The highest BCUT2D eigenvalue weighted by Crippen LogP contribution is 2.21. The summed E-state index contributed by atoms with van der Waals surface area (Å²) in [6.07, 6.45) is 12.2. The maximum absolute atomic E-state index is 5.30. The normalized spacial score (nSPS) is 12.0. The minimum absolute atomic E-state index is 0.742. The Morgan fingerprint density at radius 2 is 2.23 bits per heavy atom. The first-order valence-corrected chi connectivity index (χ1v) is 8.99. The highest BCUT2D eigenvalue weighted by Gasteiger charge is 2.10. The number of hydrogen-bond donors (Lipinski definition) is 1. The highest BCUT2D eigenvalue weighted by atomic mass is 16.5. The van der Waals surface area contributed by atoms with Crippen molar-refractivity contribution in [2.24, 2.45) is 0 Å². The van der Waals surface area contributed by atoms with E-state index in [-0.39, 0.29) is 0 Å². The first-order chi connectivity index (χ1) is 12.7. The van der Waals surface area contributed by atoms with Gasteiger partial charge in [-0.05, 0) is 38.5 Å². The monoisotopic (exact) mass is 355 g/mol. The first-order valence-electron chi connectivity index (χ1n) is 8.99. The van der Waals surface area contributed by atoms with Gasteiger partial charge in [0.05, 0.1) is 19.1 Å². The number of ether oxygens (including phenoxy) is 1. The predicted octanol–water partition coefficient (Wildman–Crippen LogP) is 3.28. The zero-order chi connectivity index (χ0) is 18.8. The van der Waals surface area contributed by atoms with Gasteiger partial charge in [0.25, 0.3) is 0 Å². The molecule has 140 valence electrons. The third-order valence-corrected chi connectivity index (χ3v) is 4.06. The summed E-state index contributed by atoms with van der Waals surface area (Å²) in [6, 6.07) is 1.98. The van der Waals surface area contributed by atoms with Crippen molar-refractivity contribution in [3.8, 4) is 0 Å². The van der Waals surface area contributed by atoms with Crippen molar-refractivity contribution in [1.29, 1.82) is 0 Å². The molecule has 0 aliphatic heterocycles.